The van der Waals surface area contributed by atoms with Gasteiger partial charge in [-0.15, -0.1) is 0 Å². The Kier molecular flexibility index (Phi) is 7.23. The molecule has 6 nitrogen and oxygen atoms in total. The van der Waals surface area contributed by atoms with Gasteiger partial charge in [-0.3, -0.25) is 4.79 Å². The summed E-state index contributed by atoms with van der Waals surface area (Å²) in [5.74, 6) is 0.758. The predicted octanol–water partition coefficient (Wildman–Crippen LogP) is 4.17. The van der Waals surface area contributed by atoms with Crippen LogP contribution in [0.25, 0.3) is 0 Å². The van der Waals surface area contributed by atoms with Crippen LogP contribution in [0.15, 0.2) is 30.5 Å². The number of nitrogens with two attached hydrogens (primary N) is 1. The highest BCUT2D eigenvalue weighted by Crippen LogP contribution is 2.26. The third-order valence-electron chi connectivity index (χ3n) is 5.39. The van der Waals surface area contributed by atoms with E-state index in [0.717, 1.165) is 68.6 Å². The Bertz CT molecular complexity index is 777. The Morgan fingerprint density at radius 3 is 2.82 bits per heavy atom. The summed E-state index contributed by atoms with van der Waals surface area (Å²) in [6, 6.07) is 8.00. The predicted molar refractivity (Wildman–Crippen MR) is 111 cm³/mol. The first-order valence-electron chi connectivity index (χ1n) is 10.3. The van der Waals surface area contributed by atoms with Gasteiger partial charge in [0.1, 0.15) is 11.6 Å². The van der Waals surface area contributed by atoms with Crippen molar-refractivity contribution in [3.8, 4) is 0 Å². The number of nitrogens with zero attached hydrogens (tertiary/aromatic N) is 2. The molecule has 0 aromatic carbocycles. The van der Waals surface area contributed by atoms with Crippen LogP contribution in [0.3, 0.4) is 0 Å². The number of aromatic nitrogens is 2. The molecule has 0 aliphatic carbocycles. The maximum absolute atomic E-state index is 11.2. The lowest BCUT2D eigenvalue weighted by Crippen LogP contribution is -2.13. The number of anilines is 2. The second-order valence-corrected chi connectivity index (χ2v) is 7.60. The number of aryl methyl sites for hydroxylation is 2. The van der Waals surface area contributed by atoms with Gasteiger partial charge in [0.25, 0.3) is 0 Å². The number of nitrogen functional groups attached to an aromatic ring is 1. The van der Waals surface area contributed by atoms with E-state index in [2.05, 4.69) is 22.4 Å². The van der Waals surface area contributed by atoms with Crippen LogP contribution in [0.5, 0.6) is 0 Å². The fourth-order valence-corrected chi connectivity index (χ4v) is 3.81. The number of rotatable bonds is 10. The molecule has 0 saturated heterocycles. The topological polar surface area (TPSA) is 101 Å². The minimum Gasteiger partial charge on any atom is -0.481 e. The lowest BCUT2D eigenvalue weighted by molar-refractivity contribution is -0.137. The highest BCUT2D eigenvalue weighted by atomic mass is 16.4. The second kappa shape index (κ2) is 10.1. The number of carboxylic acids is 1. The zero-order valence-corrected chi connectivity index (χ0v) is 16.4. The number of pyridine rings is 2. The second-order valence-electron chi connectivity index (χ2n) is 7.60. The fraction of sp³-hybridized carbons (Fsp3) is 0.500. The SMILES string of the molecule is Nc1ccc([C@@H](CCCCCCc2ccc3c(n2)NCCC3)CC(=O)O)cn1. The van der Waals surface area contributed by atoms with Crippen LogP contribution in [-0.2, 0) is 17.6 Å². The summed E-state index contributed by atoms with van der Waals surface area (Å²) in [7, 11) is 0. The molecule has 1 aliphatic rings. The average molecular weight is 383 g/mol. The van der Waals surface area contributed by atoms with Gasteiger partial charge >= 0.3 is 5.97 Å². The molecule has 3 heterocycles. The van der Waals surface area contributed by atoms with Crippen LogP contribution in [-0.4, -0.2) is 27.6 Å². The number of unbranched alkanes of at least 4 members (excludes halogenated alkanes) is 3. The van der Waals surface area contributed by atoms with Crippen LogP contribution in [0.4, 0.5) is 11.6 Å². The van der Waals surface area contributed by atoms with E-state index in [1.54, 1.807) is 12.3 Å². The number of carbonyl (C=O) groups is 1. The van der Waals surface area contributed by atoms with E-state index < -0.39 is 5.97 Å². The molecule has 0 radical (unpaired) electrons. The molecular formula is C22H30N4O2. The van der Waals surface area contributed by atoms with E-state index in [1.807, 2.05) is 6.07 Å². The number of nitrogens with one attached hydrogen (secondary N) is 1. The van der Waals surface area contributed by atoms with Crippen LogP contribution in [0.2, 0.25) is 0 Å². The molecule has 1 aliphatic heterocycles. The van der Waals surface area contributed by atoms with E-state index >= 15 is 0 Å². The van der Waals surface area contributed by atoms with Crippen molar-refractivity contribution in [2.24, 2.45) is 0 Å². The first-order valence-corrected chi connectivity index (χ1v) is 10.3. The lowest BCUT2D eigenvalue weighted by atomic mass is 9.91. The van der Waals surface area contributed by atoms with Gasteiger partial charge in [0.15, 0.2) is 0 Å². The van der Waals surface area contributed by atoms with Crippen molar-refractivity contribution < 1.29 is 9.90 Å². The van der Waals surface area contributed by atoms with Gasteiger partial charge in [-0.2, -0.15) is 0 Å². The third kappa shape index (κ3) is 5.94. The average Bonchev–Trinajstić information content (AvgIpc) is 2.70. The maximum Gasteiger partial charge on any atom is 0.303 e. The minimum absolute atomic E-state index is 0.000938. The molecule has 0 bridgehead atoms. The van der Waals surface area contributed by atoms with Crippen LogP contribution < -0.4 is 11.1 Å². The highest BCUT2D eigenvalue weighted by Gasteiger charge is 2.16. The van der Waals surface area contributed by atoms with Crippen LogP contribution >= 0.6 is 0 Å². The summed E-state index contributed by atoms with van der Waals surface area (Å²) in [5.41, 5.74) is 9.08. The molecule has 2 aromatic heterocycles. The van der Waals surface area contributed by atoms with Crippen molar-refractivity contribution in [2.45, 2.75) is 63.7 Å². The van der Waals surface area contributed by atoms with Gasteiger partial charge in [-0.1, -0.05) is 31.4 Å². The molecule has 0 amide bonds. The van der Waals surface area contributed by atoms with Crippen molar-refractivity contribution in [3.63, 3.8) is 0 Å². The molecule has 3 rings (SSSR count). The van der Waals surface area contributed by atoms with Gasteiger partial charge < -0.3 is 16.2 Å². The van der Waals surface area contributed by atoms with Crippen LogP contribution in [0, 0.1) is 0 Å². The quantitative estimate of drug-likeness (QED) is 0.533. The van der Waals surface area contributed by atoms with E-state index in [-0.39, 0.29) is 12.3 Å². The van der Waals surface area contributed by atoms with E-state index in [1.165, 1.54) is 12.0 Å². The Morgan fingerprint density at radius 1 is 1.18 bits per heavy atom. The Labute approximate surface area is 166 Å². The summed E-state index contributed by atoms with van der Waals surface area (Å²) < 4.78 is 0. The Balaban J connectivity index is 1.40. The van der Waals surface area contributed by atoms with Gasteiger partial charge in [0.2, 0.25) is 0 Å². The molecular weight excluding hydrogens is 352 g/mol. The van der Waals surface area contributed by atoms with Crippen molar-refractivity contribution in [3.05, 3.63) is 47.3 Å². The summed E-state index contributed by atoms with van der Waals surface area (Å²) in [6.45, 7) is 1.02. The molecule has 1 atom stereocenters. The van der Waals surface area contributed by atoms with Crippen LogP contribution in [0.1, 0.15) is 67.7 Å². The number of fused-ring (bicyclic) bond motifs is 1. The van der Waals surface area contributed by atoms with E-state index in [9.17, 15) is 9.90 Å². The highest BCUT2D eigenvalue weighted by molar-refractivity contribution is 5.68. The molecule has 0 saturated carbocycles. The number of aliphatic carboxylic acids is 1. The molecule has 4 N–H and O–H groups in total. The molecule has 28 heavy (non-hydrogen) atoms. The summed E-state index contributed by atoms with van der Waals surface area (Å²) in [5, 5.41) is 12.6. The van der Waals surface area contributed by atoms with E-state index in [4.69, 9.17) is 10.7 Å². The lowest BCUT2D eigenvalue weighted by Gasteiger charge is -2.17. The molecule has 0 unspecified atom stereocenters. The van der Waals surface area contributed by atoms with Crippen molar-refractivity contribution in [2.75, 3.05) is 17.6 Å². The molecule has 6 heteroatoms. The summed E-state index contributed by atoms with van der Waals surface area (Å²) in [6.07, 6.45) is 10.4. The van der Waals surface area contributed by atoms with Crippen molar-refractivity contribution in [1.29, 1.82) is 0 Å². The summed E-state index contributed by atoms with van der Waals surface area (Å²) >= 11 is 0. The smallest absolute Gasteiger partial charge is 0.303 e. The summed E-state index contributed by atoms with van der Waals surface area (Å²) in [4.78, 5) is 20.0. The number of hydrogen-bond acceptors (Lipinski definition) is 5. The van der Waals surface area contributed by atoms with Gasteiger partial charge in [0, 0.05) is 18.4 Å². The number of carboxylic acid groups (broad SMARTS) is 1. The first kappa shape index (κ1) is 20.1. The molecule has 0 fully saturated rings. The maximum atomic E-state index is 11.2. The molecule has 0 spiro atoms. The molecule has 150 valence electrons. The minimum atomic E-state index is -0.770. The zero-order valence-electron chi connectivity index (χ0n) is 16.4. The fourth-order valence-electron chi connectivity index (χ4n) is 3.81. The van der Waals surface area contributed by atoms with Crippen molar-refractivity contribution >= 4 is 17.6 Å². The third-order valence-corrected chi connectivity index (χ3v) is 5.39. The zero-order chi connectivity index (χ0) is 19.8. The monoisotopic (exact) mass is 382 g/mol. The largest absolute Gasteiger partial charge is 0.481 e. The molecule has 2 aromatic rings. The normalized spacial score (nSPS) is 14.1. The van der Waals surface area contributed by atoms with Gasteiger partial charge in [-0.05, 0) is 61.3 Å². The number of hydrogen-bond donors (Lipinski definition) is 3. The first-order chi connectivity index (χ1) is 13.6. The van der Waals surface area contributed by atoms with Gasteiger partial charge in [0.05, 0.1) is 6.42 Å². The van der Waals surface area contributed by atoms with Gasteiger partial charge in [-0.25, -0.2) is 9.97 Å². The van der Waals surface area contributed by atoms with E-state index in [0.29, 0.717) is 5.82 Å². The van der Waals surface area contributed by atoms with Crippen molar-refractivity contribution in [1.82, 2.24) is 9.97 Å². The standard InChI is InChI=1S/C22H30N4O2/c23-20-12-10-18(15-25-20)17(14-21(27)28)6-3-1-2-4-8-19-11-9-16-7-5-13-24-22(16)26-19/h9-12,15,17H,1-8,13-14H2,(H2,23,25)(H,24,26)(H,27,28)/t17-/m0/s1. The Hall–Kier alpha value is -2.63. The Morgan fingerprint density at radius 2 is 2.04 bits per heavy atom.